The minimum Gasteiger partial charge on any atom is -0.309 e. The van der Waals surface area contributed by atoms with Crippen LogP contribution in [0.3, 0.4) is 0 Å². The van der Waals surface area contributed by atoms with Crippen LogP contribution in [0.15, 0.2) is 152 Å². The predicted molar refractivity (Wildman–Crippen MR) is 202 cm³/mol. The summed E-state index contributed by atoms with van der Waals surface area (Å²) in [5, 5.41) is 7.76. The maximum absolute atomic E-state index is 2.47. The third kappa shape index (κ3) is 3.59. The third-order valence-electron chi connectivity index (χ3n) is 9.60. The molecule has 0 aliphatic carbocycles. The van der Waals surface area contributed by atoms with Crippen molar-refractivity contribution < 1.29 is 0 Å². The first kappa shape index (κ1) is 25.7. The molecule has 0 atom stereocenters. The number of nitrogens with zero attached hydrogens (tertiary/aromatic N) is 2. The Morgan fingerprint density at radius 3 is 1.93 bits per heavy atom. The van der Waals surface area contributed by atoms with Gasteiger partial charge in [-0.15, -0.1) is 11.3 Å². The SMILES string of the molecule is Bc1cc(-n2c3ccccc3c3c(-c4ccc5c(c4)c4ccccc4n5-c4ccccc4)cccc32)cc2c1sc1ccccc12. The number of benzene rings is 7. The van der Waals surface area contributed by atoms with Crippen LogP contribution >= 0.6 is 11.3 Å². The molecular formula is C42H27BN2S. The number of para-hydroxylation sites is 3. The van der Waals surface area contributed by atoms with E-state index in [0.29, 0.717) is 0 Å². The first-order valence-electron chi connectivity index (χ1n) is 15.8. The molecule has 2 nitrogen and oxygen atoms in total. The smallest absolute Gasteiger partial charge is 0.141 e. The summed E-state index contributed by atoms with van der Waals surface area (Å²) in [5.74, 6) is 0. The van der Waals surface area contributed by atoms with Crippen molar-refractivity contribution in [3.8, 4) is 22.5 Å². The van der Waals surface area contributed by atoms with Gasteiger partial charge < -0.3 is 9.13 Å². The molecule has 0 saturated heterocycles. The van der Waals surface area contributed by atoms with E-state index in [-0.39, 0.29) is 0 Å². The Bertz CT molecular complexity index is 2820. The summed E-state index contributed by atoms with van der Waals surface area (Å²) in [6, 6.07) is 55.6. The summed E-state index contributed by atoms with van der Waals surface area (Å²) < 4.78 is 7.56. The number of rotatable bonds is 3. The van der Waals surface area contributed by atoms with Crippen LogP contribution in [0.4, 0.5) is 0 Å². The standard InChI is InChI=1S/C42H27BN2S/c43-35-25-28(24-34-31-14-6-9-20-40(31)46-42(34)35)45-37-18-8-5-15-32(37)41-29(16-10-19-39(41)45)26-21-22-38-33(23-26)30-13-4-7-17-36(30)44(38)27-11-2-1-3-12-27/h1-25H,43H2. The molecule has 0 N–H and O–H groups in total. The van der Waals surface area contributed by atoms with E-state index in [9.17, 15) is 0 Å². The Balaban J connectivity index is 1.25. The van der Waals surface area contributed by atoms with Crippen LogP contribution in [0.1, 0.15) is 0 Å². The molecule has 0 bridgehead atoms. The lowest BCUT2D eigenvalue weighted by molar-refractivity contribution is 1.18. The van der Waals surface area contributed by atoms with E-state index in [1.807, 2.05) is 11.3 Å². The summed E-state index contributed by atoms with van der Waals surface area (Å²) in [7, 11) is 2.25. The van der Waals surface area contributed by atoms with Crippen LogP contribution in [-0.4, -0.2) is 17.0 Å². The van der Waals surface area contributed by atoms with Gasteiger partial charge in [0.25, 0.3) is 0 Å². The Morgan fingerprint density at radius 2 is 1.09 bits per heavy atom. The van der Waals surface area contributed by atoms with Crippen molar-refractivity contribution in [1.29, 1.82) is 0 Å². The maximum Gasteiger partial charge on any atom is 0.141 e. The van der Waals surface area contributed by atoms with E-state index in [1.165, 1.54) is 91.7 Å². The fourth-order valence-electron chi connectivity index (χ4n) is 7.64. The van der Waals surface area contributed by atoms with E-state index in [4.69, 9.17) is 0 Å². The van der Waals surface area contributed by atoms with E-state index in [2.05, 4.69) is 169 Å². The van der Waals surface area contributed by atoms with E-state index in [1.54, 1.807) is 0 Å². The normalized spacial score (nSPS) is 12.0. The molecular weight excluding hydrogens is 575 g/mol. The molecule has 10 rings (SSSR count). The highest BCUT2D eigenvalue weighted by molar-refractivity contribution is 7.26. The molecule has 0 spiro atoms. The van der Waals surface area contributed by atoms with Gasteiger partial charge in [0.15, 0.2) is 0 Å². The predicted octanol–water partition coefficient (Wildman–Crippen LogP) is 10.2. The number of thiophene rings is 1. The summed E-state index contributed by atoms with van der Waals surface area (Å²) in [6.07, 6.45) is 0. The fraction of sp³-hybridized carbons (Fsp3) is 0. The van der Waals surface area contributed by atoms with Crippen LogP contribution in [0.25, 0.3) is 86.3 Å². The van der Waals surface area contributed by atoms with Crippen LogP contribution in [0.2, 0.25) is 0 Å². The summed E-state index contributed by atoms with van der Waals surface area (Å²) in [5.41, 5.74) is 11.1. The van der Waals surface area contributed by atoms with Crippen molar-refractivity contribution in [2.75, 3.05) is 0 Å². The van der Waals surface area contributed by atoms with Gasteiger partial charge in [-0.25, -0.2) is 0 Å². The van der Waals surface area contributed by atoms with Gasteiger partial charge in [0.1, 0.15) is 7.85 Å². The first-order chi connectivity index (χ1) is 22.7. The Labute approximate surface area is 270 Å². The highest BCUT2D eigenvalue weighted by atomic mass is 32.1. The molecule has 3 aromatic heterocycles. The zero-order chi connectivity index (χ0) is 30.4. The van der Waals surface area contributed by atoms with Crippen molar-refractivity contribution in [3.63, 3.8) is 0 Å². The fourth-order valence-corrected chi connectivity index (χ4v) is 8.79. The van der Waals surface area contributed by atoms with Gasteiger partial charge in [-0.3, -0.25) is 0 Å². The molecule has 0 amide bonds. The van der Waals surface area contributed by atoms with E-state index >= 15 is 0 Å². The van der Waals surface area contributed by atoms with Crippen molar-refractivity contribution in [2.45, 2.75) is 0 Å². The zero-order valence-electron chi connectivity index (χ0n) is 25.2. The van der Waals surface area contributed by atoms with Crippen molar-refractivity contribution in [2.24, 2.45) is 0 Å². The molecule has 0 aliphatic rings. The van der Waals surface area contributed by atoms with Crippen LogP contribution in [0, 0.1) is 0 Å². The van der Waals surface area contributed by atoms with E-state index in [0.717, 1.165) is 0 Å². The molecule has 46 heavy (non-hydrogen) atoms. The number of hydrogen-bond acceptors (Lipinski definition) is 1. The molecule has 7 aromatic carbocycles. The van der Waals surface area contributed by atoms with Gasteiger partial charge in [-0.05, 0) is 71.8 Å². The molecule has 4 heteroatoms. The lowest BCUT2D eigenvalue weighted by atomic mass is 9.93. The number of fused-ring (bicyclic) bond motifs is 9. The van der Waals surface area contributed by atoms with Gasteiger partial charge in [0, 0.05) is 53.1 Å². The summed E-state index contributed by atoms with van der Waals surface area (Å²) in [6.45, 7) is 0. The highest BCUT2D eigenvalue weighted by Crippen LogP contribution is 2.42. The first-order valence-corrected chi connectivity index (χ1v) is 16.6. The maximum atomic E-state index is 2.47. The van der Waals surface area contributed by atoms with Gasteiger partial charge in [0.2, 0.25) is 0 Å². The van der Waals surface area contributed by atoms with Crippen molar-refractivity contribution >= 4 is 88.4 Å². The Morgan fingerprint density at radius 1 is 0.435 bits per heavy atom. The summed E-state index contributed by atoms with van der Waals surface area (Å²) >= 11 is 1.89. The molecule has 0 fully saturated rings. The van der Waals surface area contributed by atoms with Crippen molar-refractivity contribution in [3.05, 3.63) is 152 Å². The molecule has 3 heterocycles. The van der Waals surface area contributed by atoms with E-state index < -0.39 is 0 Å². The molecule has 10 aromatic rings. The monoisotopic (exact) mass is 602 g/mol. The Hall–Kier alpha value is -5.58. The molecule has 0 unspecified atom stereocenters. The highest BCUT2D eigenvalue weighted by Gasteiger charge is 2.19. The lowest BCUT2D eigenvalue weighted by Gasteiger charge is -2.11. The molecule has 0 saturated carbocycles. The largest absolute Gasteiger partial charge is 0.309 e. The van der Waals surface area contributed by atoms with Gasteiger partial charge in [-0.2, -0.15) is 0 Å². The van der Waals surface area contributed by atoms with Gasteiger partial charge in [0.05, 0.1) is 22.1 Å². The van der Waals surface area contributed by atoms with Crippen LogP contribution in [-0.2, 0) is 0 Å². The second-order valence-corrected chi connectivity index (χ2v) is 13.3. The van der Waals surface area contributed by atoms with Gasteiger partial charge >= 0.3 is 0 Å². The topological polar surface area (TPSA) is 9.86 Å². The minimum atomic E-state index is 1.18. The zero-order valence-corrected chi connectivity index (χ0v) is 26.1. The average molecular weight is 603 g/mol. The van der Waals surface area contributed by atoms with Crippen molar-refractivity contribution in [1.82, 2.24) is 9.13 Å². The third-order valence-corrected chi connectivity index (χ3v) is 10.9. The van der Waals surface area contributed by atoms with Gasteiger partial charge in [-0.1, -0.05) is 96.5 Å². The number of aromatic nitrogens is 2. The molecule has 0 radical (unpaired) electrons. The lowest BCUT2D eigenvalue weighted by Crippen LogP contribution is -2.05. The molecule has 214 valence electrons. The Kier molecular flexibility index (Phi) is 5.43. The second kappa shape index (κ2) is 9.71. The summed E-state index contributed by atoms with van der Waals surface area (Å²) in [4.78, 5) is 0. The second-order valence-electron chi connectivity index (χ2n) is 12.2. The number of hydrogen-bond donors (Lipinski definition) is 0. The average Bonchev–Trinajstić information content (AvgIpc) is 3.76. The van der Waals surface area contributed by atoms with Crippen LogP contribution in [0.5, 0.6) is 0 Å². The van der Waals surface area contributed by atoms with Crippen LogP contribution < -0.4 is 5.46 Å². The quantitative estimate of drug-likeness (QED) is 0.178. The minimum absolute atomic E-state index is 1.18. The molecule has 0 aliphatic heterocycles.